The van der Waals surface area contributed by atoms with E-state index in [1.165, 1.54) is 13.2 Å². The van der Waals surface area contributed by atoms with Gasteiger partial charge >= 0.3 is 11.7 Å². The standard InChI is InChI=1S/C11H13N3O5S2/c1-6(11(16)17)5-20-21-10-8(14(18)19)3-7(4-13-10)9(15)12-2/h3-4,6H,5H2,1-2H3,(H,12,15)(H,16,17)/t6-/m0/s1. The summed E-state index contributed by atoms with van der Waals surface area (Å²) in [4.78, 5) is 36.4. The quantitative estimate of drug-likeness (QED) is 0.440. The van der Waals surface area contributed by atoms with Crippen molar-refractivity contribution in [3.05, 3.63) is 27.9 Å². The molecule has 21 heavy (non-hydrogen) atoms. The molecule has 10 heteroatoms. The first-order chi connectivity index (χ1) is 9.86. The average Bonchev–Trinajstić information content (AvgIpc) is 2.46. The number of hydrogen-bond acceptors (Lipinski definition) is 7. The van der Waals surface area contributed by atoms with Gasteiger partial charge in [0, 0.05) is 25.1 Å². The van der Waals surface area contributed by atoms with E-state index in [1.54, 1.807) is 6.92 Å². The molecular weight excluding hydrogens is 318 g/mol. The molecule has 1 heterocycles. The first kappa shape index (κ1) is 17.2. The second-order valence-electron chi connectivity index (χ2n) is 3.99. The molecule has 1 amide bonds. The molecule has 1 aromatic rings. The summed E-state index contributed by atoms with van der Waals surface area (Å²) in [6.07, 6.45) is 1.25. The van der Waals surface area contributed by atoms with Crippen molar-refractivity contribution in [1.82, 2.24) is 10.3 Å². The highest BCUT2D eigenvalue weighted by Crippen LogP contribution is 2.36. The third-order valence-electron chi connectivity index (χ3n) is 2.40. The Bertz CT molecular complexity index is 567. The number of carboxylic acids is 1. The fourth-order valence-electron chi connectivity index (χ4n) is 1.17. The highest BCUT2D eigenvalue weighted by atomic mass is 33.1. The van der Waals surface area contributed by atoms with Crippen LogP contribution in [0.3, 0.4) is 0 Å². The van der Waals surface area contributed by atoms with Crippen molar-refractivity contribution in [2.45, 2.75) is 11.9 Å². The van der Waals surface area contributed by atoms with Gasteiger partial charge < -0.3 is 10.4 Å². The van der Waals surface area contributed by atoms with Gasteiger partial charge in [0.1, 0.15) is 0 Å². The summed E-state index contributed by atoms with van der Waals surface area (Å²) in [5.74, 6) is -1.67. The smallest absolute Gasteiger partial charge is 0.307 e. The molecule has 0 fully saturated rings. The lowest BCUT2D eigenvalue weighted by Gasteiger charge is -2.06. The number of pyridine rings is 1. The Morgan fingerprint density at radius 3 is 2.76 bits per heavy atom. The normalized spacial score (nSPS) is 11.7. The molecular formula is C11H13N3O5S2. The molecule has 1 rings (SSSR count). The van der Waals surface area contributed by atoms with Gasteiger partial charge in [0.15, 0.2) is 5.03 Å². The summed E-state index contributed by atoms with van der Waals surface area (Å²) in [6.45, 7) is 1.55. The number of nitro groups is 1. The number of carbonyl (C=O) groups excluding carboxylic acids is 1. The fraction of sp³-hybridized carbons (Fsp3) is 0.364. The summed E-state index contributed by atoms with van der Waals surface area (Å²) in [5.41, 5.74) is -0.186. The molecule has 0 aliphatic carbocycles. The van der Waals surface area contributed by atoms with Crippen molar-refractivity contribution >= 4 is 39.2 Å². The largest absolute Gasteiger partial charge is 0.481 e. The molecule has 1 aromatic heterocycles. The van der Waals surface area contributed by atoms with E-state index in [0.717, 1.165) is 27.7 Å². The second kappa shape index (κ2) is 7.84. The summed E-state index contributed by atoms with van der Waals surface area (Å²) >= 11 is 0. The zero-order valence-electron chi connectivity index (χ0n) is 11.2. The van der Waals surface area contributed by atoms with Gasteiger partial charge in [0.05, 0.1) is 16.4 Å². The molecule has 0 aliphatic rings. The maximum absolute atomic E-state index is 11.4. The van der Waals surface area contributed by atoms with Crippen molar-refractivity contribution < 1.29 is 19.6 Å². The average molecular weight is 331 g/mol. The topological polar surface area (TPSA) is 122 Å². The van der Waals surface area contributed by atoms with Gasteiger partial charge in [-0.05, 0) is 10.8 Å². The molecule has 1 atom stereocenters. The minimum Gasteiger partial charge on any atom is -0.481 e. The molecule has 8 nitrogen and oxygen atoms in total. The first-order valence-corrected chi connectivity index (χ1v) is 8.07. The van der Waals surface area contributed by atoms with E-state index in [4.69, 9.17) is 5.11 Å². The van der Waals surface area contributed by atoms with Crippen molar-refractivity contribution in [3.8, 4) is 0 Å². The number of rotatable bonds is 7. The zero-order valence-corrected chi connectivity index (χ0v) is 12.9. The van der Waals surface area contributed by atoms with E-state index in [1.807, 2.05) is 0 Å². The van der Waals surface area contributed by atoms with Crippen LogP contribution in [0.4, 0.5) is 5.69 Å². The zero-order chi connectivity index (χ0) is 16.0. The van der Waals surface area contributed by atoms with Crippen LogP contribution in [0.2, 0.25) is 0 Å². The van der Waals surface area contributed by atoms with E-state index in [-0.39, 0.29) is 22.0 Å². The maximum Gasteiger partial charge on any atom is 0.307 e. The Hall–Kier alpha value is -1.81. The number of nitrogens with zero attached hydrogens (tertiary/aromatic N) is 2. The monoisotopic (exact) mass is 331 g/mol. The van der Waals surface area contributed by atoms with Gasteiger partial charge in [-0.1, -0.05) is 17.7 Å². The van der Waals surface area contributed by atoms with Gasteiger partial charge in [-0.3, -0.25) is 19.7 Å². The van der Waals surface area contributed by atoms with Crippen molar-refractivity contribution in [1.29, 1.82) is 0 Å². The van der Waals surface area contributed by atoms with Crippen LogP contribution in [-0.2, 0) is 4.79 Å². The highest BCUT2D eigenvalue weighted by Gasteiger charge is 2.20. The van der Waals surface area contributed by atoms with Gasteiger partial charge in [-0.2, -0.15) is 0 Å². The van der Waals surface area contributed by atoms with Crippen LogP contribution in [0.25, 0.3) is 0 Å². The van der Waals surface area contributed by atoms with Crippen LogP contribution in [-0.4, -0.2) is 39.7 Å². The molecule has 0 saturated heterocycles. The first-order valence-electron chi connectivity index (χ1n) is 5.75. The Balaban J connectivity index is 2.85. The van der Waals surface area contributed by atoms with Crippen LogP contribution in [0.1, 0.15) is 17.3 Å². The Morgan fingerprint density at radius 1 is 1.57 bits per heavy atom. The molecule has 0 aromatic carbocycles. The van der Waals surface area contributed by atoms with E-state index < -0.39 is 22.7 Å². The summed E-state index contributed by atoms with van der Waals surface area (Å²) in [7, 11) is 3.60. The highest BCUT2D eigenvalue weighted by molar-refractivity contribution is 8.76. The second-order valence-corrected chi connectivity index (χ2v) is 6.32. The number of hydrogen-bond donors (Lipinski definition) is 2. The summed E-state index contributed by atoms with van der Waals surface area (Å²) in [5, 5.41) is 22.3. The molecule has 0 unspecified atom stereocenters. The van der Waals surface area contributed by atoms with E-state index in [9.17, 15) is 19.7 Å². The van der Waals surface area contributed by atoms with Crippen LogP contribution in [0.5, 0.6) is 0 Å². The molecule has 0 radical (unpaired) electrons. The predicted octanol–water partition coefficient (Wildman–Crippen LogP) is 1.81. The van der Waals surface area contributed by atoms with Crippen molar-refractivity contribution in [2.75, 3.05) is 12.8 Å². The van der Waals surface area contributed by atoms with E-state index in [0.29, 0.717) is 0 Å². The van der Waals surface area contributed by atoms with Crippen LogP contribution >= 0.6 is 21.6 Å². The van der Waals surface area contributed by atoms with E-state index in [2.05, 4.69) is 10.3 Å². The Morgan fingerprint density at radius 2 is 2.24 bits per heavy atom. The molecule has 114 valence electrons. The van der Waals surface area contributed by atoms with Crippen molar-refractivity contribution in [2.24, 2.45) is 5.92 Å². The number of carboxylic acid groups (broad SMARTS) is 1. The van der Waals surface area contributed by atoms with Crippen molar-refractivity contribution in [3.63, 3.8) is 0 Å². The lowest BCUT2D eigenvalue weighted by molar-refractivity contribution is -0.388. The third-order valence-corrected chi connectivity index (χ3v) is 4.86. The lowest BCUT2D eigenvalue weighted by Crippen LogP contribution is -2.18. The predicted molar refractivity (Wildman–Crippen MR) is 79.4 cm³/mol. The van der Waals surface area contributed by atoms with E-state index >= 15 is 0 Å². The lowest BCUT2D eigenvalue weighted by atomic mass is 10.2. The molecule has 0 saturated carbocycles. The maximum atomic E-state index is 11.4. The molecule has 0 bridgehead atoms. The summed E-state index contributed by atoms with van der Waals surface area (Å²) < 4.78 is 0. The molecule has 0 spiro atoms. The number of aliphatic carboxylic acids is 1. The van der Waals surface area contributed by atoms with Crippen LogP contribution in [0.15, 0.2) is 17.3 Å². The summed E-state index contributed by atoms with van der Waals surface area (Å²) in [6, 6.07) is 1.15. The Kier molecular flexibility index (Phi) is 6.43. The molecule has 2 N–H and O–H groups in total. The minimum absolute atomic E-state index is 0.0949. The van der Waals surface area contributed by atoms with Gasteiger partial charge in [-0.15, -0.1) is 0 Å². The third kappa shape index (κ3) is 4.90. The van der Waals surface area contributed by atoms with Gasteiger partial charge in [0.2, 0.25) is 0 Å². The SMILES string of the molecule is CNC(=O)c1cnc(SSC[C@H](C)C(=O)O)c([N+](=O)[O-])c1. The van der Waals surface area contributed by atoms with Crippen LogP contribution in [0, 0.1) is 16.0 Å². The Labute approximate surface area is 128 Å². The number of carbonyl (C=O) groups is 2. The molecule has 0 aliphatic heterocycles. The van der Waals surface area contributed by atoms with Gasteiger partial charge in [0.25, 0.3) is 5.91 Å². The number of aromatic nitrogens is 1. The van der Waals surface area contributed by atoms with Gasteiger partial charge in [-0.25, -0.2) is 4.98 Å². The minimum atomic E-state index is -0.930. The van der Waals surface area contributed by atoms with Crippen LogP contribution < -0.4 is 5.32 Å². The number of amides is 1. The number of nitrogens with one attached hydrogen (secondary N) is 1. The fourth-order valence-corrected chi connectivity index (χ4v) is 3.54.